The van der Waals surface area contributed by atoms with E-state index in [0.717, 1.165) is 0 Å². The first-order chi connectivity index (χ1) is 12.0. The van der Waals surface area contributed by atoms with Gasteiger partial charge in [-0.1, -0.05) is 29.3 Å². The van der Waals surface area contributed by atoms with Crippen LogP contribution >= 0.6 is 23.2 Å². The summed E-state index contributed by atoms with van der Waals surface area (Å²) in [5, 5.41) is 12.5. The van der Waals surface area contributed by atoms with Crippen molar-refractivity contribution in [3.05, 3.63) is 58.1 Å². The van der Waals surface area contributed by atoms with E-state index < -0.39 is 5.92 Å². The Morgan fingerprint density at radius 3 is 2.76 bits per heavy atom. The van der Waals surface area contributed by atoms with E-state index in [4.69, 9.17) is 28.5 Å². The highest BCUT2D eigenvalue weighted by Crippen LogP contribution is 2.29. The molecule has 1 atom stereocenters. The van der Waals surface area contributed by atoms with E-state index in [0.29, 0.717) is 27.0 Å². The summed E-state index contributed by atoms with van der Waals surface area (Å²) in [5.74, 6) is -0.932. The number of anilines is 2. The number of nitriles is 1. The predicted octanol–water partition coefficient (Wildman–Crippen LogP) is 3.86. The lowest BCUT2D eigenvalue weighted by Crippen LogP contribution is -2.28. The second-order valence-electron chi connectivity index (χ2n) is 5.68. The number of halogens is 2. The number of hydrogen-bond acceptors (Lipinski definition) is 3. The minimum atomic E-state index is -0.495. The monoisotopic (exact) mass is 373 g/mol. The van der Waals surface area contributed by atoms with E-state index in [9.17, 15) is 9.59 Å². The molecule has 7 heteroatoms. The van der Waals surface area contributed by atoms with Crippen molar-refractivity contribution in [3.63, 3.8) is 0 Å². The van der Waals surface area contributed by atoms with Crippen molar-refractivity contribution in [2.45, 2.75) is 6.42 Å². The molecule has 0 aromatic heterocycles. The molecule has 1 N–H and O–H groups in total. The minimum absolute atomic E-state index is 0.105. The number of nitrogens with zero attached hydrogens (tertiary/aromatic N) is 2. The number of benzene rings is 2. The van der Waals surface area contributed by atoms with Crippen molar-refractivity contribution in [1.29, 1.82) is 5.26 Å². The molecule has 2 amide bonds. The highest BCUT2D eigenvalue weighted by molar-refractivity contribution is 6.36. The van der Waals surface area contributed by atoms with E-state index >= 15 is 0 Å². The molecule has 0 bridgehead atoms. The normalized spacial score (nSPS) is 16.6. The Morgan fingerprint density at radius 1 is 1.24 bits per heavy atom. The molecule has 1 fully saturated rings. The zero-order valence-electron chi connectivity index (χ0n) is 13.0. The number of nitrogens with one attached hydrogen (secondary N) is 1. The van der Waals surface area contributed by atoms with Crippen LogP contribution in [0.4, 0.5) is 11.4 Å². The summed E-state index contributed by atoms with van der Waals surface area (Å²) < 4.78 is 0. The van der Waals surface area contributed by atoms with Crippen LogP contribution in [0, 0.1) is 17.2 Å². The fourth-order valence-corrected chi connectivity index (χ4v) is 3.16. The average molecular weight is 374 g/mol. The molecule has 126 valence electrons. The van der Waals surface area contributed by atoms with Gasteiger partial charge in [-0.3, -0.25) is 9.59 Å². The van der Waals surface area contributed by atoms with E-state index in [-0.39, 0.29) is 24.8 Å². The van der Waals surface area contributed by atoms with Gasteiger partial charge in [0, 0.05) is 23.7 Å². The van der Waals surface area contributed by atoms with E-state index in [1.807, 2.05) is 6.07 Å². The summed E-state index contributed by atoms with van der Waals surface area (Å²) in [7, 11) is 0. The number of amides is 2. The van der Waals surface area contributed by atoms with Crippen molar-refractivity contribution in [1.82, 2.24) is 0 Å². The second kappa shape index (κ2) is 7.14. The SMILES string of the molecule is N#Cc1cccc(N2CC(C(=O)Nc3ccc(Cl)cc3Cl)CC2=O)c1. The number of carbonyl (C=O) groups excluding carboxylic acids is 2. The quantitative estimate of drug-likeness (QED) is 0.887. The lowest BCUT2D eigenvalue weighted by molar-refractivity contribution is -0.122. The number of hydrogen-bond donors (Lipinski definition) is 1. The maximum atomic E-state index is 12.5. The van der Waals surface area contributed by atoms with Crippen molar-refractivity contribution in [2.75, 3.05) is 16.8 Å². The molecule has 0 aliphatic carbocycles. The first kappa shape index (κ1) is 17.3. The van der Waals surface area contributed by atoms with Gasteiger partial charge in [-0.15, -0.1) is 0 Å². The largest absolute Gasteiger partial charge is 0.324 e. The van der Waals surface area contributed by atoms with Crippen LogP contribution in [0.25, 0.3) is 0 Å². The van der Waals surface area contributed by atoms with E-state index in [1.165, 1.54) is 11.0 Å². The maximum absolute atomic E-state index is 12.5. The first-order valence-corrected chi connectivity index (χ1v) is 8.30. The number of carbonyl (C=O) groups is 2. The highest BCUT2D eigenvalue weighted by Gasteiger charge is 2.35. The Labute approximate surface area is 154 Å². The summed E-state index contributed by atoms with van der Waals surface area (Å²) in [6.07, 6.45) is 0.105. The van der Waals surface area contributed by atoms with Crippen molar-refractivity contribution < 1.29 is 9.59 Å². The zero-order chi connectivity index (χ0) is 18.0. The molecule has 0 radical (unpaired) electrons. The van der Waals surface area contributed by atoms with Crippen LogP contribution in [0.2, 0.25) is 10.0 Å². The summed E-state index contributed by atoms with van der Waals surface area (Å²) >= 11 is 11.9. The van der Waals surface area contributed by atoms with Crippen LogP contribution in [0.1, 0.15) is 12.0 Å². The van der Waals surface area contributed by atoms with Gasteiger partial charge in [0.15, 0.2) is 0 Å². The molecule has 25 heavy (non-hydrogen) atoms. The third kappa shape index (κ3) is 3.76. The van der Waals surface area contributed by atoms with Crippen LogP contribution in [0.15, 0.2) is 42.5 Å². The average Bonchev–Trinajstić information content (AvgIpc) is 2.99. The molecular formula is C18H13Cl2N3O2. The summed E-state index contributed by atoms with van der Waals surface area (Å²) in [5.41, 5.74) is 1.53. The minimum Gasteiger partial charge on any atom is -0.324 e. The standard InChI is InChI=1S/C18H13Cl2N3O2/c19-13-4-5-16(15(20)8-13)22-18(25)12-7-17(24)23(10-12)14-3-1-2-11(6-14)9-21/h1-6,8,12H,7,10H2,(H,22,25). The smallest absolute Gasteiger partial charge is 0.229 e. The van der Waals surface area contributed by atoms with Gasteiger partial charge < -0.3 is 10.2 Å². The van der Waals surface area contributed by atoms with Crippen LogP contribution in [0.3, 0.4) is 0 Å². The van der Waals surface area contributed by atoms with Gasteiger partial charge in [-0.2, -0.15) is 5.26 Å². The molecule has 3 rings (SSSR count). The zero-order valence-corrected chi connectivity index (χ0v) is 14.5. The number of rotatable bonds is 3. The van der Waals surface area contributed by atoms with Gasteiger partial charge >= 0.3 is 0 Å². The summed E-state index contributed by atoms with van der Waals surface area (Å²) in [6.45, 7) is 0.255. The van der Waals surface area contributed by atoms with E-state index in [1.54, 1.807) is 36.4 Å². The van der Waals surface area contributed by atoms with Crippen molar-refractivity contribution in [3.8, 4) is 6.07 Å². The van der Waals surface area contributed by atoms with Gasteiger partial charge in [-0.05, 0) is 36.4 Å². The van der Waals surface area contributed by atoms with Crippen LogP contribution in [0.5, 0.6) is 0 Å². The Bertz CT molecular complexity index is 892. The Morgan fingerprint density at radius 2 is 2.04 bits per heavy atom. The van der Waals surface area contributed by atoms with Crippen LogP contribution < -0.4 is 10.2 Å². The van der Waals surface area contributed by atoms with E-state index in [2.05, 4.69) is 5.32 Å². The van der Waals surface area contributed by atoms with Gasteiger partial charge in [0.25, 0.3) is 0 Å². The lowest BCUT2D eigenvalue weighted by Gasteiger charge is -2.17. The molecule has 5 nitrogen and oxygen atoms in total. The van der Waals surface area contributed by atoms with Gasteiger partial charge in [0.05, 0.1) is 28.3 Å². The molecule has 0 spiro atoms. The third-order valence-electron chi connectivity index (χ3n) is 3.97. The second-order valence-corrected chi connectivity index (χ2v) is 6.52. The maximum Gasteiger partial charge on any atom is 0.229 e. The summed E-state index contributed by atoms with van der Waals surface area (Å²) in [6, 6.07) is 13.6. The molecule has 1 saturated heterocycles. The van der Waals surface area contributed by atoms with Crippen LogP contribution in [-0.2, 0) is 9.59 Å². The molecule has 2 aromatic rings. The van der Waals surface area contributed by atoms with Gasteiger partial charge in [-0.25, -0.2) is 0 Å². The Balaban J connectivity index is 1.73. The molecule has 1 aliphatic rings. The van der Waals surface area contributed by atoms with Crippen molar-refractivity contribution in [2.24, 2.45) is 5.92 Å². The predicted molar refractivity (Wildman–Crippen MR) is 96.7 cm³/mol. The highest BCUT2D eigenvalue weighted by atomic mass is 35.5. The Hall–Kier alpha value is -2.55. The molecular weight excluding hydrogens is 361 g/mol. The molecule has 0 saturated carbocycles. The molecule has 1 heterocycles. The van der Waals surface area contributed by atoms with Crippen molar-refractivity contribution >= 4 is 46.4 Å². The van der Waals surface area contributed by atoms with Crippen LogP contribution in [-0.4, -0.2) is 18.4 Å². The molecule has 1 aliphatic heterocycles. The first-order valence-electron chi connectivity index (χ1n) is 7.54. The molecule has 1 unspecified atom stereocenters. The topological polar surface area (TPSA) is 73.2 Å². The summed E-state index contributed by atoms with van der Waals surface area (Å²) in [4.78, 5) is 26.3. The Kier molecular flexibility index (Phi) is 4.93. The van der Waals surface area contributed by atoms with Gasteiger partial charge in [0.2, 0.25) is 11.8 Å². The fourth-order valence-electron chi connectivity index (χ4n) is 2.70. The van der Waals surface area contributed by atoms with Gasteiger partial charge in [0.1, 0.15) is 0 Å². The third-order valence-corrected chi connectivity index (χ3v) is 4.52. The molecule has 2 aromatic carbocycles. The lowest BCUT2D eigenvalue weighted by atomic mass is 10.1. The fraction of sp³-hybridized carbons (Fsp3) is 0.167.